The summed E-state index contributed by atoms with van der Waals surface area (Å²) in [5, 5.41) is 2.95. The summed E-state index contributed by atoms with van der Waals surface area (Å²) in [4.78, 5) is 13.0. The second-order valence-electron chi connectivity index (χ2n) is 8.83. The van der Waals surface area contributed by atoms with Crippen LogP contribution >= 0.6 is 0 Å². The maximum Gasteiger partial charge on any atom is 0.255 e. The summed E-state index contributed by atoms with van der Waals surface area (Å²) in [6, 6.07) is 40.4. The Balaban J connectivity index is 1.24. The first-order valence-corrected chi connectivity index (χ1v) is 12.9. The molecule has 0 spiro atoms. The van der Waals surface area contributed by atoms with Gasteiger partial charge >= 0.3 is 0 Å². The molecule has 0 atom stereocenters. The van der Waals surface area contributed by atoms with E-state index in [1.54, 1.807) is 6.07 Å². The topological polar surface area (TPSA) is 56.8 Å². The maximum absolute atomic E-state index is 13.0. The molecule has 5 nitrogen and oxygen atoms in total. The van der Waals surface area contributed by atoms with Gasteiger partial charge in [0, 0.05) is 16.8 Å². The van der Waals surface area contributed by atoms with E-state index in [2.05, 4.69) is 17.4 Å². The highest BCUT2D eigenvalue weighted by atomic mass is 16.5. The lowest BCUT2D eigenvalue weighted by Gasteiger charge is -2.14. The molecule has 0 aliphatic heterocycles. The molecule has 1 amide bonds. The van der Waals surface area contributed by atoms with E-state index >= 15 is 0 Å². The highest BCUT2D eigenvalue weighted by molar-refractivity contribution is 6.04. The van der Waals surface area contributed by atoms with Crippen molar-refractivity contribution in [3.8, 4) is 34.1 Å². The molecular formula is C34H29NO4. The zero-order valence-corrected chi connectivity index (χ0v) is 21.7. The van der Waals surface area contributed by atoms with Crippen LogP contribution in [0.1, 0.15) is 22.8 Å². The van der Waals surface area contributed by atoms with Gasteiger partial charge in [-0.2, -0.15) is 0 Å². The van der Waals surface area contributed by atoms with Gasteiger partial charge in [-0.25, -0.2) is 0 Å². The summed E-state index contributed by atoms with van der Waals surface area (Å²) in [6.45, 7) is 2.72. The molecule has 0 saturated heterocycles. The lowest BCUT2D eigenvalue weighted by Crippen LogP contribution is -2.13. The van der Waals surface area contributed by atoms with Crippen molar-refractivity contribution >= 4 is 11.6 Å². The molecule has 1 N–H and O–H groups in total. The lowest BCUT2D eigenvalue weighted by molar-refractivity contribution is 0.102. The first kappa shape index (κ1) is 25.6. The van der Waals surface area contributed by atoms with Crippen LogP contribution in [-0.2, 0) is 6.61 Å². The van der Waals surface area contributed by atoms with Crippen molar-refractivity contribution in [1.82, 2.24) is 0 Å². The first-order valence-electron chi connectivity index (χ1n) is 12.9. The third-order valence-electron chi connectivity index (χ3n) is 6.07. The van der Waals surface area contributed by atoms with Crippen molar-refractivity contribution in [3.63, 3.8) is 0 Å². The van der Waals surface area contributed by atoms with E-state index in [0.29, 0.717) is 29.4 Å². The molecule has 0 aliphatic rings. The first-order chi connectivity index (χ1) is 19.2. The third kappa shape index (κ3) is 6.84. The number of rotatable bonds is 10. The largest absolute Gasteiger partial charge is 0.493 e. The Morgan fingerprint density at radius 2 is 1.26 bits per heavy atom. The fourth-order valence-corrected chi connectivity index (χ4v) is 4.10. The molecule has 0 aromatic heterocycles. The Bertz CT molecular complexity index is 1500. The summed E-state index contributed by atoms with van der Waals surface area (Å²) >= 11 is 0. The van der Waals surface area contributed by atoms with Gasteiger partial charge in [0.15, 0.2) is 0 Å². The molecule has 39 heavy (non-hydrogen) atoms. The number of carbonyl (C=O) groups excluding carboxylic acids is 1. The van der Waals surface area contributed by atoms with E-state index in [9.17, 15) is 4.79 Å². The molecular weight excluding hydrogens is 486 g/mol. The second-order valence-corrected chi connectivity index (χ2v) is 8.83. The normalized spacial score (nSPS) is 10.5. The van der Waals surface area contributed by atoms with E-state index in [4.69, 9.17) is 14.2 Å². The second kappa shape index (κ2) is 12.5. The van der Waals surface area contributed by atoms with Gasteiger partial charge in [-0.1, -0.05) is 60.7 Å². The van der Waals surface area contributed by atoms with Crippen LogP contribution in [0.4, 0.5) is 5.69 Å². The molecule has 0 bridgehead atoms. The van der Waals surface area contributed by atoms with Crippen LogP contribution in [0.15, 0.2) is 127 Å². The smallest absolute Gasteiger partial charge is 0.255 e. The molecule has 0 unspecified atom stereocenters. The maximum atomic E-state index is 13.0. The minimum Gasteiger partial charge on any atom is -0.493 e. The Morgan fingerprint density at radius 3 is 1.95 bits per heavy atom. The van der Waals surface area contributed by atoms with Crippen LogP contribution in [0.2, 0.25) is 0 Å². The number of amides is 1. The van der Waals surface area contributed by atoms with Crippen molar-refractivity contribution in [2.24, 2.45) is 0 Å². The van der Waals surface area contributed by atoms with E-state index in [-0.39, 0.29) is 12.5 Å². The minimum atomic E-state index is -0.219. The van der Waals surface area contributed by atoms with Crippen molar-refractivity contribution in [3.05, 3.63) is 139 Å². The summed E-state index contributed by atoms with van der Waals surface area (Å²) < 4.78 is 17.7. The lowest BCUT2D eigenvalue weighted by atomic mass is 10.1. The SMILES string of the molecule is CCOc1ccc(C(=O)Nc2ccc(Oc3ccccc3)cc2)cc1COc1ccc(-c2ccccc2)cc1. The number of para-hydroxylation sites is 1. The molecule has 194 valence electrons. The quantitative estimate of drug-likeness (QED) is 0.203. The summed E-state index contributed by atoms with van der Waals surface area (Å²) in [5.74, 6) is 2.66. The van der Waals surface area contributed by atoms with Gasteiger partial charge < -0.3 is 19.5 Å². The highest BCUT2D eigenvalue weighted by Gasteiger charge is 2.12. The van der Waals surface area contributed by atoms with E-state index in [0.717, 1.165) is 28.2 Å². The number of hydrogen-bond donors (Lipinski definition) is 1. The fraction of sp³-hybridized carbons (Fsp3) is 0.0882. The van der Waals surface area contributed by atoms with Gasteiger partial charge in [0.2, 0.25) is 0 Å². The zero-order chi connectivity index (χ0) is 26.9. The Hall–Kier alpha value is -5.03. The van der Waals surface area contributed by atoms with Gasteiger partial charge in [0.1, 0.15) is 29.6 Å². The number of carbonyl (C=O) groups is 1. The van der Waals surface area contributed by atoms with Crippen LogP contribution in [0.5, 0.6) is 23.0 Å². The highest BCUT2D eigenvalue weighted by Crippen LogP contribution is 2.27. The Labute approximate surface area is 228 Å². The molecule has 5 heteroatoms. The average Bonchev–Trinajstić information content (AvgIpc) is 2.99. The van der Waals surface area contributed by atoms with Gasteiger partial charge in [-0.15, -0.1) is 0 Å². The Kier molecular flexibility index (Phi) is 8.19. The molecule has 0 saturated carbocycles. The van der Waals surface area contributed by atoms with Crippen molar-refractivity contribution < 1.29 is 19.0 Å². The number of hydrogen-bond acceptors (Lipinski definition) is 4. The van der Waals surface area contributed by atoms with Crippen LogP contribution in [0.25, 0.3) is 11.1 Å². The minimum absolute atomic E-state index is 0.219. The van der Waals surface area contributed by atoms with Crippen LogP contribution in [0, 0.1) is 0 Å². The number of nitrogens with one attached hydrogen (secondary N) is 1. The van der Waals surface area contributed by atoms with Gasteiger partial charge in [-0.05, 0) is 84.8 Å². The van der Waals surface area contributed by atoms with Crippen molar-refractivity contribution in [1.29, 1.82) is 0 Å². The number of benzene rings is 5. The molecule has 0 aliphatic carbocycles. The number of anilines is 1. The molecule has 5 aromatic carbocycles. The molecule has 5 aromatic rings. The molecule has 0 radical (unpaired) electrons. The number of ether oxygens (including phenoxy) is 3. The van der Waals surface area contributed by atoms with Crippen LogP contribution in [-0.4, -0.2) is 12.5 Å². The zero-order valence-electron chi connectivity index (χ0n) is 21.7. The van der Waals surface area contributed by atoms with E-state index in [1.807, 2.05) is 116 Å². The standard InChI is InChI=1S/C34H29NO4/c1-2-37-33-22-15-27(34(36)35-29-16-20-32(21-17-29)39-31-11-7-4-8-12-31)23-28(33)24-38-30-18-13-26(14-19-30)25-9-5-3-6-10-25/h3-23H,2,24H2,1H3,(H,35,36). The summed E-state index contributed by atoms with van der Waals surface area (Å²) in [7, 11) is 0. The fourth-order valence-electron chi connectivity index (χ4n) is 4.10. The third-order valence-corrected chi connectivity index (χ3v) is 6.07. The van der Waals surface area contributed by atoms with Gasteiger partial charge in [0.25, 0.3) is 5.91 Å². The van der Waals surface area contributed by atoms with Crippen molar-refractivity contribution in [2.45, 2.75) is 13.5 Å². The Morgan fingerprint density at radius 1 is 0.641 bits per heavy atom. The molecule has 5 rings (SSSR count). The van der Waals surface area contributed by atoms with Crippen molar-refractivity contribution in [2.75, 3.05) is 11.9 Å². The van der Waals surface area contributed by atoms with E-state index in [1.165, 1.54) is 0 Å². The van der Waals surface area contributed by atoms with Gasteiger partial charge in [-0.3, -0.25) is 4.79 Å². The predicted octanol–water partition coefficient (Wildman–Crippen LogP) is 8.38. The summed E-state index contributed by atoms with van der Waals surface area (Å²) in [6.07, 6.45) is 0. The monoisotopic (exact) mass is 515 g/mol. The predicted molar refractivity (Wildman–Crippen MR) is 155 cm³/mol. The molecule has 0 fully saturated rings. The van der Waals surface area contributed by atoms with Crippen LogP contribution in [0.3, 0.4) is 0 Å². The average molecular weight is 516 g/mol. The van der Waals surface area contributed by atoms with Gasteiger partial charge in [0.05, 0.1) is 6.61 Å². The van der Waals surface area contributed by atoms with Crippen LogP contribution < -0.4 is 19.5 Å². The molecule has 0 heterocycles. The summed E-state index contributed by atoms with van der Waals surface area (Å²) in [5.41, 5.74) is 4.26. The van der Waals surface area contributed by atoms with E-state index < -0.39 is 0 Å².